The summed E-state index contributed by atoms with van der Waals surface area (Å²) in [4.78, 5) is 11.9. The largest absolute Gasteiger partial charge is 0.350 e. The number of aromatic nitrogens is 2. The van der Waals surface area contributed by atoms with E-state index < -0.39 is 0 Å². The molecule has 0 saturated carbocycles. The van der Waals surface area contributed by atoms with Crippen LogP contribution in [0, 0.1) is 11.8 Å². The van der Waals surface area contributed by atoms with Crippen LogP contribution in [0.1, 0.15) is 12.6 Å². The van der Waals surface area contributed by atoms with Crippen LogP contribution < -0.4 is 10.6 Å². The van der Waals surface area contributed by atoms with Gasteiger partial charge in [-0.1, -0.05) is 6.92 Å². The van der Waals surface area contributed by atoms with E-state index in [1.54, 1.807) is 4.68 Å². The molecule has 5 nitrogen and oxygen atoms in total. The number of aryl methyl sites for hydroxylation is 1. The molecule has 2 rings (SSSR count). The van der Waals surface area contributed by atoms with Gasteiger partial charge in [-0.15, -0.1) is 0 Å². The molecule has 88 valence electrons. The molecule has 1 aliphatic heterocycles. The third-order valence-electron chi connectivity index (χ3n) is 3.07. The second-order valence-corrected chi connectivity index (χ2v) is 4.44. The number of nitrogens with one attached hydrogen (secondary N) is 2. The topological polar surface area (TPSA) is 59.0 Å². The molecule has 0 aromatic carbocycles. The molecule has 0 aliphatic carbocycles. The quantitative estimate of drug-likeness (QED) is 0.750. The van der Waals surface area contributed by atoms with Crippen LogP contribution in [-0.2, 0) is 18.4 Å². The molecule has 1 saturated heterocycles. The molecule has 2 N–H and O–H groups in total. The van der Waals surface area contributed by atoms with Crippen molar-refractivity contribution >= 4 is 5.91 Å². The van der Waals surface area contributed by atoms with E-state index in [9.17, 15) is 4.79 Å². The van der Waals surface area contributed by atoms with Gasteiger partial charge in [-0.05, 0) is 18.5 Å². The summed E-state index contributed by atoms with van der Waals surface area (Å²) in [6, 6.07) is 1.91. The van der Waals surface area contributed by atoms with Gasteiger partial charge in [-0.3, -0.25) is 9.48 Å². The van der Waals surface area contributed by atoms with Crippen molar-refractivity contribution in [3.63, 3.8) is 0 Å². The zero-order chi connectivity index (χ0) is 11.5. The molecule has 1 fully saturated rings. The number of hydrogen-bond donors (Lipinski definition) is 2. The lowest BCUT2D eigenvalue weighted by molar-refractivity contribution is -0.125. The highest BCUT2D eigenvalue weighted by atomic mass is 16.1. The van der Waals surface area contributed by atoms with Gasteiger partial charge in [-0.2, -0.15) is 5.10 Å². The second kappa shape index (κ2) is 4.65. The predicted molar refractivity (Wildman–Crippen MR) is 60.6 cm³/mol. The van der Waals surface area contributed by atoms with Crippen LogP contribution in [0.15, 0.2) is 12.3 Å². The van der Waals surface area contributed by atoms with Gasteiger partial charge in [-0.25, -0.2) is 0 Å². The van der Waals surface area contributed by atoms with Gasteiger partial charge in [0.15, 0.2) is 0 Å². The molecule has 16 heavy (non-hydrogen) atoms. The Balaban J connectivity index is 1.83. The van der Waals surface area contributed by atoms with Gasteiger partial charge in [0.1, 0.15) is 0 Å². The zero-order valence-corrected chi connectivity index (χ0v) is 9.73. The third kappa shape index (κ3) is 2.41. The monoisotopic (exact) mass is 222 g/mol. The first-order valence-electron chi connectivity index (χ1n) is 5.64. The summed E-state index contributed by atoms with van der Waals surface area (Å²) in [6.07, 6.45) is 1.88. The highest BCUT2D eigenvalue weighted by Gasteiger charge is 2.29. The van der Waals surface area contributed by atoms with Crippen molar-refractivity contribution in [2.45, 2.75) is 13.5 Å². The van der Waals surface area contributed by atoms with E-state index in [0.29, 0.717) is 12.5 Å². The van der Waals surface area contributed by atoms with Crippen molar-refractivity contribution in [3.8, 4) is 0 Å². The third-order valence-corrected chi connectivity index (χ3v) is 3.07. The molecular formula is C11H18N4O. The lowest BCUT2D eigenvalue weighted by atomic mass is 9.97. The molecule has 2 unspecified atom stereocenters. The van der Waals surface area contributed by atoms with E-state index in [-0.39, 0.29) is 11.8 Å². The highest BCUT2D eigenvalue weighted by molar-refractivity contribution is 5.79. The lowest BCUT2D eigenvalue weighted by Crippen LogP contribution is -2.34. The lowest BCUT2D eigenvalue weighted by Gasteiger charge is -2.13. The Morgan fingerprint density at radius 2 is 2.50 bits per heavy atom. The van der Waals surface area contributed by atoms with Crippen LogP contribution in [0.4, 0.5) is 0 Å². The van der Waals surface area contributed by atoms with Gasteiger partial charge in [0.25, 0.3) is 0 Å². The van der Waals surface area contributed by atoms with Crippen molar-refractivity contribution in [1.82, 2.24) is 20.4 Å². The fourth-order valence-electron chi connectivity index (χ4n) is 2.03. The first kappa shape index (κ1) is 11.1. The van der Waals surface area contributed by atoms with Crippen molar-refractivity contribution in [2.24, 2.45) is 18.9 Å². The summed E-state index contributed by atoms with van der Waals surface area (Å²) in [7, 11) is 1.87. The molecule has 1 amide bonds. The molecule has 2 heterocycles. The van der Waals surface area contributed by atoms with Gasteiger partial charge < -0.3 is 10.6 Å². The Labute approximate surface area is 95.2 Å². The Morgan fingerprint density at radius 3 is 3.06 bits per heavy atom. The number of amides is 1. The first-order valence-corrected chi connectivity index (χ1v) is 5.64. The van der Waals surface area contributed by atoms with Crippen LogP contribution in [0.3, 0.4) is 0 Å². The summed E-state index contributed by atoms with van der Waals surface area (Å²) >= 11 is 0. The van der Waals surface area contributed by atoms with E-state index in [2.05, 4.69) is 22.7 Å². The molecule has 0 bridgehead atoms. The van der Waals surface area contributed by atoms with E-state index in [0.717, 1.165) is 18.8 Å². The Bertz CT molecular complexity index is 374. The Morgan fingerprint density at radius 1 is 1.69 bits per heavy atom. The van der Waals surface area contributed by atoms with Crippen LogP contribution in [0.2, 0.25) is 0 Å². The summed E-state index contributed by atoms with van der Waals surface area (Å²) in [5, 5.41) is 10.4. The molecule has 1 aromatic rings. The Hall–Kier alpha value is -1.36. The van der Waals surface area contributed by atoms with Crippen molar-refractivity contribution < 1.29 is 4.79 Å². The van der Waals surface area contributed by atoms with Crippen molar-refractivity contribution in [2.75, 3.05) is 13.1 Å². The second-order valence-electron chi connectivity index (χ2n) is 4.44. The summed E-state index contributed by atoms with van der Waals surface area (Å²) in [6.45, 7) is 4.34. The number of rotatable bonds is 3. The van der Waals surface area contributed by atoms with Crippen LogP contribution in [0.5, 0.6) is 0 Å². The average Bonchev–Trinajstić information content (AvgIpc) is 2.84. The smallest absolute Gasteiger partial charge is 0.225 e. The molecular weight excluding hydrogens is 204 g/mol. The number of nitrogens with zero attached hydrogens (tertiary/aromatic N) is 2. The maximum atomic E-state index is 11.9. The van der Waals surface area contributed by atoms with E-state index in [1.165, 1.54) is 0 Å². The summed E-state index contributed by atoms with van der Waals surface area (Å²) < 4.78 is 1.74. The predicted octanol–water partition coefficient (Wildman–Crippen LogP) is -0.108. The van der Waals surface area contributed by atoms with Gasteiger partial charge in [0.05, 0.1) is 18.2 Å². The van der Waals surface area contributed by atoms with Crippen LogP contribution in [0.25, 0.3) is 0 Å². The van der Waals surface area contributed by atoms with Crippen LogP contribution >= 0.6 is 0 Å². The van der Waals surface area contributed by atoms with E-state index in [4.69, 9.17) is 0 Å². The fraction of sp³-hybridized carbons (Fsp3) is 0.636. The molecule has 0 radical (unpaired) electrons. The minimum Gasteiger partial charge on any atom is -0.350 e. The molecule has 1 aliphatic rings. The minimum absolute atomic E-state index is 0.101. The van der Waals surface area contributed by atoms with Crippen molar-refractivity contribution in [3.05, 3.63) is 18.0 Å². The molecule has 2 atom stereocenters. The summed E-state index contributed by atoms with van der Waals surface area (Å²) in [5.41, 5.74) is 0.898. The Kier molecular flexibility index (Phi) is 3.24. The van der Waals surface area contributed by atoms with Gasteiger partial charge in [0, 0.05) is 19.8 Å². The molecule has 0 spiro atoms. The SMILES string of the molecule is CC1CNCC1C(=O)NCc1ccn(C)n1. The average molecular weight is 222 g/mol. The van der Waals surface area contributed by atoms with Gasteiger partial charge in [0.2, 0.25) is 5.91 Å². The maximum absolute atomic E-state index is 11.9. The zero-order valence-electron chi connectivity index (χ0n) is 9.73. The van der Waals surface area contributed by atoms with E-state index in [1.807, 2.05) is 19.3 Å². The normalized spacial score (nSPS) is 24.6. The van der Waals surface area contributed by atoms with E-state index >= 15 is 0 Å². The minimum atomic E-state index is 0.101. The standard InChI is InChI=1S/C11H18N4O/c1-8-5-12-7-10(8)11(16)13-6-9-3-4-15(2)14-9/h3-4,8,10,12H,5-7H2,1-2H3,(H,13,16). The fourth-order valence-corrected chi connectivity index (χ4v) is 2.03. The van der Waals surface area contributed by atoms with Crippen molar-refractivity contribution in [1.29, 1.82) is 0 Å². The molecule has 1 aromatic heterocycles. The van der Waals surface area contributed by atoms with Gasteiger partial charge >= 0.3 is 0 Å². The van der Waals surface area contributed by atoms with Crippen LogP contribution in [-0.4, -0.2) is 28.8 Å². The number of carbonyl (C=O) groups excluding carboxylic acids is 1. The highest BCUT2D eigenvalue weighted by Crippen LogP contribution is 2.15. The molecule has 5 heteroatoms. The first-order chi connectivity index (χ1) is 7.66. The maximum Gasteiger partial charge on any atom is 0.225 e. The summed E-state index contributed by atoms with van der Waals surface area (Å²) in [5.74, 6) is 0.649. The number of carbonyl (C=O) groups is 1. The number of hydrogen-bond acceptors (Lipinski definition) is 3.